The van der Waals surface area contributed by atoms with Crippen LogP contribution in [-0.2, 0) is 13.0 Å². The minimum Gasteiger partial charge on any atom is -0.348 e. The van der Waals surface area contributed by atoms with Gasteiger partial charge in [0.15, 0.2) is 6.29 Å². The SMILES string of the molecule is Cc1nc(CCn2c(C)cc(C=O)c2C)cs1. The second kappa shape index (κ2) is 4.84. The molecule has 0 atom stereocenters. The lowest BCUT2D eigenvalue weighted by Gasteiger charge is -2.07. The van der Waals surface area contributed by atoms with E-state index < -0.39 is 0 Å². The highest BCUT2D eigenvalue weighted by atomic mass is 32.1. The topological polar surface area (TPSA) is 34.9 Å². The van der Waals surface area contributed by atoms with E-state index in [2.05, 4.69) is 14.9 Å². The summed E-state index contributed by atoms with van der Waals surface area (Å²) in [6.07, 6.45) is 1.84. The number of hydrogen-bond acceptors (Lipinski definition) is 3. The third-order valence-electron chi connectivity index (χ3n) is 3.00. The molecular formula is C13H16N2OS. The first-order valence-electron chi connectivity index (χ1n) is 5.64. The van der Waals surface area contributed by atoms with Crippen molar-refractivity contribution in [1.82, 2.24) is 9.55 Å². The summed E-state index contributed by atoms with van der Waals surface area (Å²) in [5.74, 6) is 0. The van der Waals surface area contributed by atoms with Gasteiger partial charge in [-0.05, 0) is 26.8 Å². The molecule has 0 amide bonds. The molecule has 17 heavy (non-hydrogen) atoms. The maximum Gasteiger partial charge on any atom is 0.151 e. The fourth-order valence-corrected chi connectivity index (χ4v) is 2.69. The molecule has 0 aliphatic carbocycles. The minimum atomic E-state index is 0.789. The molecule has 0 aromatic carbocycles. The quantitative estimate of drug-likeness (QED) is 0.780. The largest absolute Gasteiger partial charge is 0.348 e. The van der Waals surface area contributed by atoms with E-state index in [4.69, 9.17) is 0 Å². The number of rotatable bonds is 4. The highest BCUT2D eigenvalue weighted by molar-refractivity contribution is 7.09. The van der Waals surface area contributed by atoms with Gasteiger partial charge in [-0.1, -0.05) is 0 Å². The van der Waals surface area contributed by atoms with Gasteiger partial charge in [-0.25, -0.2) is 4.98 Å². The van der Waals surface area contributed by atoms with Crippen LogP contribution in [0.2, 0.25) is 0 Å². The van der Waals surface area contributed by atoms with E-state index in [0.29, 0.717) is 0 Å². The Morgan fingerprint density at radius 2 is 2.18 bits per heavy atom. The lowest BCUT2D eigenvalue weighted by atomic mass is 10.3. The second-order valence-electron chi connectivity index (χ2n) is 4.20. The molecule has 3 nitrogen and oxygen atoms in total. The van der Waals surface area contributed by atoms with Crippen LogP contribution in [0.5, 0.6) is 0 Å². The zero-order chi connectivity index (χ0) is 12.4. The van der Waals surface area contributed by atoms with Crippen molar-refractivity contribution in [3.8, 4) is 0 Å². The van der Waals surface area contributed by atoms with Gasteiger partial charge in [0.1, 0.15) is 0 Å². The smallest absolute Gasteiger partial charge is 0.151 e. The first-order valence-corrected chi connectivity index (χ1v) is 6.52. The van der Waals surface area contributed by atoms with Crippen LogP contribution in [-0.4, -0.2) is 15.8 Å². The van der Waals surface area contributed by atoms with Gasteiger partial charge in [0.25, 0.3) is 0 Å². The Kier molecular flexibility index (Phi) is 3.43. The fourth-order valence-electron chi connectivity index (χ4n) is 2.04. The number of carbonyl (C=O) groups is 1. The molecule has 2 aromatic rings. The summed E-state index contributed by atoms with van der Waals surface area (Å²) < 4.78 is 2.18. The van der Waals surface area contributed by atoms with Gasteiger partial charge >= 0.3 is 0 Å². The lowest BCUT2D eigenvalue weighted by molar-refractivity contribution is 0.112. The number of nitrogens with zero attached hydrogens (tertiary/aromatic N) is 2. The molecule has 0 bridgehead atoms. The van der Waals surface area contributed by atoms with Crippen molar-refractivity contribution in [2.75, 3.05) is 0 Å². The number of aldehydes is 1. The zero-order valence-electron chi connectivity index (χ0n) is 10.4. The van der Waals surface area contributed by atoms with Crippen molar-refractivity contribution in [2.24, 2.45) is 0 Å². The molecule has 0 saturated heterocycles. The molecule has 0 saturated carbocycles. The van der Waals surface area contributed by atoms with Gasteiger partial charge in [0, 0.05) is 35.3 Å². The van der Waals surface area contributed by atoms with Gasteiger partial charge in [0.2, 0.25) is 0 Å². The van der Waals surface area contributed by atoms with Crippen molar-refractivity contribution in [3.05, 3.63) is 39.1 Å². The molecule has 0 aliphatic heterocycles. The predicted octanol–water partition coefficient (Wildman–Crippen LogP) is 2.93. The fraction of sp³-hybridized carbons (Fsp3) is 0.385. The van der Waals surface area contributed by atoms with Crippen molar-refractivity contribution in [1.29, 1.82) is 0 Å². The summed E-state index contributed by atoms with van der Waals surface area (Å²) in [4.78, 5) is 15.3. The summed E-state index contributed by atoms with van der Waals surface area (Å²) >= 11 is 1.68. The third-order valence-corrected chi connectivity index (χ3v) is 3.82. The van der Waals surface area contributed by atoms with Crippen molar-refractivity contribution in [2.45, 2.75) is 33.7 Å². The molecule has 90 valence electrons. The van der Waals surface area contributed by atoms with Crippen molar-refractivity contribution < 1.29 is 4.79 Å². The maximum absolute atomic E-state index is 10.8. The molecule has 2 rings (SSSR count). The Morgan fingerprint density at radius 1 is 1.41 bits per heavy atom. The van der Waals surface area contributed by atoms with E-state index in [1.54, 1.807) is 11.3 Å². The van der Waals surface area contributed by atoms with Crippen LogP contribution in [0, 0.1) is 20.8 Å². The molecule has 2 aromatic heterocycles. The van der Waals surface area contributed by atoms with Crippen LogP contribution in [0.4, 0.5) is 0 Å². The Morgan fingerprint density at radius 3 is 2.71 bits per heavy atom. The molecule has 0 unspecified atom stereocenters. The van der Waals surface area contributed by atoms with E-state index in [1.807, 2.05) is 26.8 Å². The molecule has 0 spiro atoms. The Hall–Kier alpha value is -1.42. The average Bonchev–Trinajstić information content (AvgIpc) is 2.82. The van der Waals surface area contributed by atoms with E-state index in [0.717, 1.165) is 46.9 Å². The van der Waals surface area contributed by atoms with Crippen molar-refractivity contribution >= 4 is 17.6 Å². The first-order chi connectivity index (χ1) is 8.11. The van der Waals surface area contributed by atoms with Crippen LogP contribution < -0.4 is 0 Å². The van der Waals surface area contributed by atoms with E-state index in [-0.39, 0.29) is 0 Å². The second-order valence-corrected chi connectivity index (χ2v) is 5.27. The molecule has 0 aliphatic rings. The van der Waals surface area contributed by atoms with Crippen LogP contribution >= 0.6 is 11.3 Å². The molecule has 0 radical (unpaired) electrons. The molecule has 0 N–H and O–H groups in total. The molecule has 4 heteroatoms. The summed E-state index contributed by atoms with van der Waals surface area (Å²) in [5, 5.41) is 3.21. The minimum absolute atomic E-state index is 0.789. The van der Waals surface area contributed by atoms with E-state index in [9.17, 15) is 4.79 Å². The zero-order valence-corrected chi connectivity index (χ0v) is 11.2. The van der Waals surface area contributed by atoms with E-state index >= 15 is 0 Å². The standard InChI is InChI=1S/C13H16N2OS/c1-9-6-12(7-16)10(2)15(9)5-4-13-8-17-11(3)14-13/h6-8H,4-5H2,1-3H3. The Bertz CT molecular complexity index is 540. The average molecular weight is 248 g/mol. The Balaban J connectivity index is 2.13. The highest BCUT2D eigenvalue weighted by Crippen LogP contribution is 2.15. The van der Waals surface area contributed by atoms with Gasteiger partial charge in [-0.2, -0.15) is 0 Å². The number of thiazole rings is 1. The first kappa shape index (κ1) is 12.0. The van der Waals surface area contributed by atoms with Crippen LogP contribution in [0.25, 0.3) is 0 Å². The molecule has 2 heterocycles. The summed E-state index contributed by atoms with van der Waals surface area (Å²) in [6.45, 7) is 6.93. The van der Waals surface area contributed by atoms with Crippen molar-refractivity contribution in [3.63, 3.8) is 0 Å². The Labute approximate surface area is 105 Å². The number of carbonyl (C=O) groups excluding carboxylic acids is 1. The monoisotopic (exact) mass is 248 g/mol. The van der Waals surface area contributed by atoms with Gasteiger partial charge in [0.05, 0.1) is 10.7 Å². The summed E-state index contributed by atoms with van der Waals surface area (Å²) in [5.41, 5.74) is 4.10. The molecule has 0 fully saturated rings. The van der Waals surface area contributed by atoms with Crippen LogP contribution in [0.1, 0.15) is 32.4 Å². The molecular weight excluding hydrogens is 232 g/mol. The maximum atomic E-state index is 10.8. The number of hydrogen-bond donors (Lipinski definition) is 0. The van der Waals surface area contributed by atoms with Crippen LogP contribution in [0.15, 0.2) is 11.4 Å². The number of aromatic nitrogens is 2. The van der Waals surface area contributed by atoms with Gasteiger partial charge < -0.3 is 4.57 Å². The van der Waals surface area contributed by atoms with Gasteiger partial charge in [-0.15, -0.1) is 11.3 Å². The predicted molar refractivity (Wildman–Crippen MR) is 69.8 cm³/mol. The summed E-state index contributed by atoms with van der Waals surface area (Å²) in [7, 11) is 0. The normalized spacial score (nSPS) is 10.8. The van der Waals surface area contributed by atoms with E-state index in [1.165, 1.54) is 0 Å². The van der Waals surface area contributed by atoms with Crippen LogP contribution in [0.3, 0.4) is 0 Å². The number of aryl methyl sites for hydroxylation is 3. The lowest BCUT2D eigenvalue weighted by Crippen LogP contribution is -2.05. The summed E-state index contributed by atoms with van der Waals surface area (Å²) in [6, 6.07) is 1.94. The van der Waals surface area contributed by atoms with Gasteiger partial charge in [-0.3, -0.25) is 4.79 Å². The highest BCUT2D eigenvalue weighted by Gasteiger charge is 2.08. The third kappa shape index (κ3) is 2.47.